The number of nitrogens with one attached hydrogen (secondary N) is 1. The predicted octanol–water partition coefficient (Wildman–Crippen LogP) is 2.72. The molecule has 0 unspecified atom stereocenters. The molecule has 0 atom stereocenters. The molecule has 1 saturated carbocycles. The number of amides is 1. The molecule has 2 rings (SSSR count). The first-order valence-electron chi connectivity index (χ1n) is 7.30. The van der Waals surface area contributed by atoms with Crippen LogP contribution < -0.4 is 10.1 Å². The summed E-state index contributed by atoms with van der Waals surface area (Å²) >= 11 is 0. The lowest BCUT2D eigenvalue weighted by molar-refractivity contribution is -0.122. The molecule has 0 radical (unpaired) electrons. The standard InChI is InChI=1S/C17H21NO3/c1-2-11-21-15-8-6-7-14(12-15)18-16(19)13-17(20)9-4-3-5-10-17/h1,6-8,12,20H,3-5,9-11,13H2,(H,18,19). The van der Waals surface area contributed by atoms with Gasteiger partial charge in [-0.05, 0) is 25.0 Å². The zero-order chi connectivity index (χ0) is 15.1. The van der Waals surface area contributed by atoms with Crippen LogP contribution in [-0.2, 0) is 4.79 Å². The van der Waals surface area contributed by atoms with Crippen LogP contribution in [0.4, 0.5) is 5.69 Å². The molecule has 2 N–H and O–H groups in total. The third-order valence-electron chi connectivity index (χ3n) is 3.71. The summed E-state index contributed by atoms with van der Waals surface area (Å²) in [7, 11) is 0. The minimum Gasteiger partial charge on any atom is -0.481 e. The Morgan fingerprint density at radius 3 is 2.86 bits per heavy atom. The lowest BCUT2D eigenvalue weighted by Gasteiger charge is -2.31. The molecular formula is C17H21NO3. The second-order valence-corrected chi connectivity index (χ2v) is 5.53. The highest BCUT2D eigenvalue weighted by molar-refractivity contribution is 5.91. The molecule has 1 aromatic rings. The Balaban J connectivity index is 1.91. The Labute approximate surface area is 125 Å². The van der Waals surface area contributed by atoms with Gasteiger partial charge in [-0.25, -0.2) is 0 Å². The molecule has 112 valence electrons. The van der Waals surface area contributed by atoms with Crippen molar-refractivity contribution < 1.29 is 14.6 Å². The average molecular weight is 287 g/mol. The number of ether oxygens (including phenoxy) is 1. The molecule has 0 aromatic heterocycles. The molecule has 0 heterocycles. The van der Waals surface area contributed by atoms with Crippen molar-refractivity contribution in [1.82, 2.24) is 0 Å². The van der Waals surface area contributed by atoms with Crippen molar-refractivity contribution in [3.05, 3.63) is 24.3 Å². The molecule has 1 fully saturated rings. The fraction of sp³-hybridized carbons (Fsp3) is 0.471. The number of anilines is 1. The maximum atomic E-state index is 12.1. The quantitative estimate of drug-likeness (QED) is 0.819. The summed E-state index contributed by atoms with van der Waals surface area (Å²) in [4.78, 5) is 12.1. The number of benzene rings is 1. The fourth-order valence-electron chi connectivity index (χ4n) is 2.68. The minimum atomic E-state index is -0.847. The van der Waals surface area contributed by atoms with Crippen molar-refractivity contribution in [2.75, 3.05) is 11.9 Å². The first kappa shape index (κ1) is 15.4. The molecular weight excluding hydrogens is 266 g/mol. The number of carbonyl (C=O) groups is 1. The molecule has 21 heavy (non-hydrogen) atoms. The second kappa shape index (κ2) is 7.14. The Morgan fingerprint density at radius 1 is 1.38 bits per heavy atom. The summed E-state index contributed by atoms with van der Waals surface area (Å²) in [5, 5.41) is 13.2. The summed E-state index contributed by atoms with van der Waals surface area (Å²) in [6, 6.07) is 7.07. The molecule has 4 nitrogen and oxygen atoms in total. The van der Waals surface area contributed by atoms with E-state index >= 15 is 0 Å². The molecule has 0 aliphatic heterocycles. The number of hydrogen-bond donors (Lipinski definition) is 2. The Morgan fingerprint density at radius 2 is 2.14 bits per heavy atom. The van der Waals surface area contributed by atoms with Crippen molar-refractivity contribution in [1.29, 1.82) is 0 Å². The zero-order valence-corrected chi connectivity index (χ0v) is 12.1. The zero-order valence-electron chi connectivity index (χ0n) is 12.1. The van der Waals surface area contributed by atoms with Crippen LogP contribution in [0.1, 0.15) is 38.5 Å². The van der Waals surface area contributed by atoms with Gasteiger partial charge in [-0.2, -0.15) is 0 Å². The van der Waals surface area contributed by atoms with Crippen molar-refractivity contribution in [2.24, 2.45) is 0 Å². The SMILES string of the molecule is C#CCOc1cccc(NC(=O)CC2(O)CCCCC2)c1. The summed E-state index contributed by atoms with van der Waals surface area (Å²) in [6.07, 6.45) is 9.79. The first-order chi connectivity index (χ1) is 10.1. The summed E-state index contributed by atoms with van der Waals surface area (Å²) in [5.74, 6) is 2.83. The maximum Gasteiger partial charge on any atom is 0.227 e. The van der Waals surface area contributed by atoms with Crippen molar-refractivity contribution >= 4 is 11.6 Å². The van der Waals surface area contributed by atoms with E-state index < -0.39 is 5.60 Å². The van der Waals surface area contributed by atoms with Gasteiger partial charge in [0.2, 0.25) is 5.91 Å². The van der Waals surface area contributed by atoms with Crippen LogP contribution in [0.25, 0.3) is 0 Å². The highest BCUT2D eigenvalue weighted by Crippen LogP contribution is 2.31. The van der Waals surface area contributed by atoms with Gasteiger partial charge in [0.15, 0.2) is 0 Å². The topological polar surface area (TPSA) is 58.6 Å². The van der Waals surface area contributed by atoms with Crippen molar-refractivity contribution in [3.63, 3.8) is 0 Å². The number of hydrogen-bond acceptors (Lipinski definition) is 3. The highest BCUT2D eigenvalue weighted by atomic mass is 16.5. The number of aliphatic hydroxyl groups is 1. The normalized spacial score (nSPS) is 16.8. The third kappa shape index (κ3) is 4.80. The van der Waals surface area contributed by atoms with Gasteiger partial charge in [0.05, 0.1) is 12.0 Å². The molecule has 1 amide bonds. The molecule has 0 saturated heterocycles. The van der Waals surface area contributed by atoms with E-state index in [1.54, 1.807) is 24.3 Å². The van der Waals surface area contributed by atoms with Crippen molar-refractivity contribution in [3.8, 4) is 18.1 Å². The smallest absolute Gasteiger partial charge is 0.227 e. The lowest BCUT2D eigenvalue weighted by atomic mass is 9.82. The van der Waals surface area contributed by atoms with Gasteiger partial charge in [-0.1, -0.05) is 31.2 Å². The third-order valence-corrected chi connectivity index (χ3v) is 3.71. The van der Waals surface area contributed by atoms with Gasteiger partial charge in [0.1, 0.15) is 12.4 Å². The molecule has 0 spiro atoms. The van der Waals surface area contributed by atoms with Gasteiger partial charge in [-0.15, -0.1) is 6.42 Å². The Kier molecular flexibility index (Phi) is 5.24. The first-order valence-corrected chi connectivity index (χ1v) is 7.30. The van der Waals surface area contributed by atoms with Crippen LogP contribution in [0.2, 0.25) is 0 Å². The molecule has 4 heteroatoms. The molecule has 0 bridgehead atoms. The predicted molar refractivity (Wildman–Crippen MR) is 82.1 cm³/mol. The van der Waals surface area contributed by atoms with E-state index in [0.717, 1.165) is 19.3 Å². The van der Waals surface area contributed by atoms with E-state index in [2.05, 4.69) is 11.2 Å². The maximum absolute atomic E-state index is 12.1. The van der Waals surface area contributed by atoms with E-state index in [0.29, 0.717) is 24.3 Å². The summed E-state index contributed by atoms with van der Waals surface area (Å²) in [6.45, 7) is 0.192. The van der Waals surface area contributed by atoms with E-state index in [9.17, 15) is 9.90 Å². The molecule has 1 aliphatic rings. The van der Waals surface area contributed by atoms with Crippen molar-refractivity contribution in [2.45, 2.75) is 44.1 Å². The van der Waals surface area contributed by atoms with Crippen LogP contribution in [0.5, 0.6) is 5.75 Å². The number of carbonyl (C=O) groups excluding carboxylic acids is 1. The molecule has 1 aromatic carbocycles. The molecule has 1 aliphatic carbocycles. The van der Waals surface area contributed by atoms with E-state index in [1.165, 1.54) is 0 Å². The van der Waals surface area contributed by atoms with Gasteiger partial charge in [0.25, 0.3) is 0 Å². The monoisotopic (exact) mass is 287 g/mol. The number of terminal acetylenes is 1. The van der Waals surface area contributed by atoms with E-state index in [-0.39, 0.29) is 18.9 Å². The second-order valence-electron chi connectivity index (χ2n) is 5.53. The Hall–Kier alpha value is -1.99. The average Bonchev–Trinajstić information content (AvgIpc) is 2.45. The van der Waals surface area contributed by atoms with Gasteiger partial charge in [0, 0.05) is 11.8 Å². The fourth-order valence-corrected chi connectivity index (χ4v) is 2.68. The largest absolute Gasteiger partial charge is 0.481 e. The Bertz CT molecular complexity index is 527. The van der Waals surface area contributed by atoms with Crippen LogP contribution in [0.15, 0.2) is 24.3 Å². The minimum absolute atomic E-state index is 0.141. The summed E-state index contributed by atoms with van der Waals surface area (Å²) in [5.41, 5.74) is -0.200. The van der Waals surface area contributed by atoms with Crippen LogP contribution >= 0.6 is 0 Å². The lowest BCUT2D eigenvalue weighted by Crippen LogP contribution is -2.35. The summed E-state index contributed by atoms with van der Waals surface area (Å²) < 4.78 is 5.31. The van der Waals surface area contributed by atoms with Gasteiger partial charge >= 0.3 is 0 Å². The highest BCUT2D eigenvalue weighted by Gasteiger charge is 2.31. The van der Waals surface area contributed by atoms with E-state index in [4.69, 9.17) is 11.2 Å². The van der Waals surface area contributed by atoms with Crippen LogP contribution in [-0.4, -0.2) is 23.2 Å². The van der Waals surface area contributed by atoms with Crippen LogP contribution in [0.3, 0.4) is 0 Å². The van der Waals surface area contributed by atoms with Crippen LogP contribution in [0, 0.1) is 12.3 Å². The van der Waals surface area contributed by atoms with E-state index in [1.807, 2.05) is 0 Å². The van der Waals surface area contributed by atoms with Gasteiger partial charge in [-0.3, -0.25) is 4.79 Å². The van der Waals surface area contributed by atoms with Gasteiger partial charge < -0.3 is 15.2 Å². The number of rotatable bonds is 5.